The van der Waals surface area contributed by atoms with Crippen LogP contribution >= 0.6 is 15.9 Å². The van der Waals surface area contributed by atoms with E-state index in [0.717, 1.165) is 6.07 Å². The quantitative estimate of drug-likeness (QED) is 0.432. The van der Waals surface area contributed by atoms with E-state index in [4.69, 9.17) is 10.6 Å². The van der Waals surface area contributed by atoms with E-state index in [2.05, 4.69) is 36.6 Å². The summed E-state index contributed by atoms with van der Waals surface area (Å²) in [5, 5.41) is 2.74. The summed E-state index contributed by atoms with van der Waals surface area (Å²) >= 11 is 2.99. The lowest BCUT2D eigenvalue weighted by atomic mass is 10.3. The van der Waals surface area contributed by atoms with Crippen LogP contribution < -0.4 is 16.6 Å². The molecule has 2 rings (SSSR count). The molecular formula is C12H12BrF2N5O. The van der Waals surface area contributed by atoms with Crippen LogP contribution in [0, 0.1) is 11.6 Å². The number of halogens is 3. The van der Waals surface area contributed by atoms with E-state index in [-0.39, 0.29) is 16.8 Å². The van der Waals surface area contributed by atoms with E-state index in [0.29, 0.717) is 17.5 Å². The lowest BCUT2D eigenvalue weighted by Crippen LogP contribution is -2.12. The zero-order valence-electron chi connectivity index (χ0n) is 11.0. The molecule has 0 saturated carbocycles. The highest BCUT2D eigenvalue weighted by Crippen LogP contribution is 2.26. The first-order valence-electron chi connectivity index (χ1n) is 5.78. The van der Waals surface area contributed by atoms with Crippen molar-refractivity contribution in [1.82, 2.24) is 9.97 Å². The van der Waals surface area contributed by atoms with Crippen molar-refractivity contribution >= 4 is 33.3 Å². The lowest BCUT2D eigenvalue weighted by Gasteiger charge is -2.10. The van der Waals surface area contributed by atoms with Crippen LogP contribution in [0.5, 0.6) is 0 Å². The molecular weight excluding hydrogens is 348 g/mol. The SMILES string of the molecule is COCc1nc(NN)cc(Nc2cc(Br)c(F)cc2F)n1. The number of nitrogens with one attached hydrogen (secondary N) is 2. The van der Waals surface area contributed by atoms with Crippen molar-refractivity contribution in [3.63, 3.8) is 0 Å². The Kier molecular flexibility index (Phi) is 4.99. The number of anilines is 3. The molecule has 2 aromatic rings. The number of aromatic nitrogens is 2. The highest BCUT2D eigenvalue weighted by molar-refractivity contribution is 9.10. The molecule has 0 spiro atoms. The third kappa shape index (κ3) is 3.84. The third-order valence-corrected chi connectivity index (χ3v) is 3.07. The van der Waals surface area contributed by atoms with E-state index < -0.39 is 11.6 Å². The summed E-state index contributed by atoms with van der Waals surface area (Å²) in [4.78, 5) is 8.20. The number of nitrogen functional groups attached to an aromatic ring is 1. The van der Waals surface area contributed by atoms with Gasteiger partial charge in [0.1, 0.15) is 29.9 Å². The van der Waals surface area contributed by atoms with Gasteiger partial charge in [0.2, 0.25) is 0 Å². The summed E-state index contributed by atoms with van der Waals surface area (Å²) in [7, 11) is 1.50. The molecule has 0 saturated heterocycles. The van der Waals surface area contributed by atoms with Crippen LogP contribution in [0.15, 0.2) is 22.7 Å². The highest BCUT2D eigenvalue weighted by atomic mass is 79.9. The maximum absolute atomic E-state index is 13.7. The van der Waals surface area contributed by atoms with Crippen LogP contribution in [0.3, 0.4) is 0 Å². The molecule has 0 atom stereocenters. The predicted octanol–water partition coefficient (Wildman–Crippen LogP) is 2.69. The molecule has 1 aromatic heterocycles. The minimum atomic E-state index is -0.745. The molecule has 1 aromatic carbocycles. The number of nitrogens with two attached hydrogens (primary N) is 1. The lowest BCUT2D eigenvalue weighted by molar-refractivity contribution is 0.178. The Labute approximate surface area is 127 Å². The van der Waals surface area contributed by atoms with Crippen molar-refractivity contribution in [1.29, 1.82) is 0 Å². The number of hydrogen-bond acceptors (Lipinski definition) is 6. The summed E-state index contributed by atoms with van der Waals surface area (Å²) in [6.45, 7) is 0.166. The zero-order chi connectivity index (χ0) is 15.4. The normalized spacial score (nSPS) is 10.5. The van der Waals surface area contributed by atoms with Crippen molar-refractivity contribution in [2.75, 3.05) is 17.9 Å². The van der Waals surface area contributed by atoms with E-state index >= 15 is 0 Å². The molecule has 0 fully saturated rings. The highest BCUT2D eigenvalue weighted by Gasteiger charge is 2.10. The van der Waals surface area contributed by atoms with Crippen LogP contribution in [0.2, 0.25) is 0 Å². The van der Waals surface area contributed by atoms with E-state index in [9.17, 15) is 8.78 Å². The minimum absolute atomic E-state index is 0.0633. The number of benzene rings is 1. The third-order valence-electron chi connectivity index (χ3n) is 2.47. The summed E-state index contributed by atoms with van der Waals surface area (Å²) < 4.78 is 32.0. The van der Waals surface area contributed by atoms with Gasteiger partial charge in [-0.05, 0) is 22.0 Å². The van der Waals surface area contributed by atoms with Gasteiger partial charge >= 0.3 is 0 Å². The Morgan fingerprint density at radius 1 is 1.19 bits per heavy atom. The zero-order valence-corrected chi connectivity index (χ0v) is 12.5. The molecule has 0 aliphatic heterocycles. The van der Waals surface area contributed by atoms with Crippen molar-refractivity contribution in [3.05, 3.63) is 40.1 Å². The van der Waals surface area contributed by atoms with Gasteiger partial charge in [-0.1, -0.05) is 0 Å². The van der Waals surface area contributed by atoms with Gasteiger partial charge in [-0.25, -0.2) is 24.6 Å². The molecule has 0 bridgehead atoms. The van der Waals surface area contributed by atoms with Gasteiger partial charge in [-0.3, -0.25) is 0 Å². The maximum atomic E-state index is 13.7. The van der Waals surface area contributed by atoms with Gasteiger partial charge in [0, 0.05) is 19.2 Å². The number of ether oxygens (including phenoxy) is 1. The Bertz CT molecular complexity index is 656. The minimum Gasteiger partial charge on any atom is -0.377 e. The number of methoxy groups -OCH3 is 1. The van der Waals surface area contributed by atoms with Gasteiger partial charge in [-0.15, -0.1) is 0 Å². The summed E-state index contributed by atoms with van der Waals surface area (Å²) in [5.41, 5.74) is 2.44. The molecule has 0 radical (unpaired) electrons. The van der Waals surface area contributed by atoms with E-state index in [1.807, 2.05) is 0 Å². The first-order chi connectivity index (χ1) is 10.0. The average molecular weight is 360 g/mol. The first kappa shape index (κ1) is 15.5. The molecule has 0 aliphatic carbocycles. The fourth-order valence-corrected chi connectivity index (χ4v) is 1.93. The molecule has 21 heavy (non-hydrogen) atoms. The summed E-state index contributed by atoms with van der Waals surface area (Å²) in [5.74, 6) is 4.86. The van der Waals surface area contributed by atoms with Crippen LogP contribution in [-0.2, 0) is 11.3 Å². The van der Waals surface area contributed by atoms with Gasteiger partial charge < -0.3 is 15.5 Å². The molecule has 112 valence electrons. The Balaban J connectivity index is 2.34. The Hall–Kier alpha value is -1.84. The molecule has 0 unspecified atom stereocenters. The molecule has 0 aliphatic rings. The standard InChI is InChI=1S/C12H12BrF2N5O/c1-21-5-12-18-10(4-11(19-12)20-16)17-9-2-6(13)7(14)3-8(9)15/h2-4H,5,16H2,1H3,(H2,17,18,19,20). The van der Waals surface area contributed by atoms with Gasteiger partial charge in [0.25, 0.3) is 0 Å². The van der Waals surface area contributed by atoms with Gasteiger partial charge in [0.15, 0.2) is 5.82 Å². The molecule has 6 nitrogen and oxygen atoms in total. The maximum Gasteiger partial charge on any atom is 0.158 e. The van der Waals surface area contributed by atoms with Crippen LogP contribution in [-0.4, -0.2) is 17.1 Å². The largest absolute Gasteiger partial charge is 0.377 e. The second-order valence-corrected chi connectivity index (χ2v) is 4.86. The van der Waals surface area contributed by atoms with Gasteiger partial charge in [-0.2, -0.15) is 0 Å². The van der Waals surface area contributed by atoms with E-state index in [1.54, 1.807) is 0 Å². The summed E-state index contributed by atoms with van der Waals surface area (Å²) in [6, 6.07) is 3.53. The molecule has 0 amide bonds. The van der Waals surface area contributed by atoms with Crippen LogP contribution in [0.4, 0.5) is 26.1 Å². The average Bonchev–Trinajstić information content (AvgIpc) is 2.45. The van der Waals surface area contributed by atoms with Gasteiger partial charge in [0.05, 0.1) is 10.2 Å². The fourth-order valence-electron chi connectivity index (χ4n) is 1.59. The monoisotopic (exact) mass is 359 g/mol. The van der Waals surface area contributed by atoms with Crippen molar-refractivity contribution in [3.8, 4) is 0 Å². The Morgan fingerprint density at radius 3 is 2.57 bits per heavy atom. The van der Waals surface area contributed by atoms with Crippen molar-refractivity contribution in [2.45, 2.75) is 6.61 Å². The smallest absolute Gasteiger partial charge is 0.158 e. The molecule has 4 N–H and O–H groups in total. The molecule has 9 heteroatoms. The number of hydrazine groups is 1. The predicted molar refractivity (Wildman–Crippen MR) is 77.9 cm³/mol. The molecule has 1 heterocycles. The second-order valence-electron chi connectivity index (χ2n) is 4.00. The Morgan fingerprint density at radius 2 is 1.90 bits per heavy atom. The van der Waals surface area contributed by atoms with Crippen LogP contribution in [0.25, 0.3) is 0 Å². The van der Waals surface area contributed by atoms with E-state index in [1.165, 1.54) is 19.2 Å². The number of hydrogen-bond donors (Lipinski definition) is 3. The number of nitrogens with zero attached hydrogens (tertiary/aromatic N) is 2. The fraction of sp³-hybridized carbons (Fsp3) is 0.167. The van der Waals surface area contributed by atoms with Crippen LogP contribution in [0.1, 0.15) is 5.82 Å². The summed E-state index contributed by atoms with van der Waals surface area (Å²) in [6.07, 6.45) is 0. The topological polar surface area (TPSA) is 85.1 Å². The van der Waals surface area contributed by atoms with Crippen molar-refractivity contribution < 1.29 is 13.5 Å². The van der Waals surface area contributed by atoms with Crippen molar-refractivity contribution in [2.24, 2.45) is 5.84 Å². The second kappa shape index (κ2) is 6.74. The first-order valence-corrected chi connectivity index (χ1v) is 6.58. The number of rotatable bonds is 5.